The number of fused-ring (bicyclic) bond motifs is 1. The number of hydrogen-bond donors (Lipinski definition) is 1. The molecule has 3 rings (SSSR count). The van der Waals surface area contributed by atoms with Gasteiger partial charge in [0.1, 0.15) is 5.75 Å². The maximum absolute atomic E-state index is 12.1. The largest absolute Gasteiger partial charge is 0.492 e. The Morgan fingerprint density at radius 3 is 3.18 bits per heavy atom. The van der Waals surface area contributed by atoms with Crippen molar-refractivity contribution in [3.63, 3.8) is 0 Å². The van der Waals surface area contributed by atoms with Crippen LogP contribution < -0.4 is 10.1 Å². The summed E-state index contributed by atoms with van der Waals surface area (Å²) >= 11 is 1.55. The maximum atomic E-state index is 12.1. The lowest BCUT2D eigenvalue weighted by Crippen LogP contribution is -2.09. The molecule has 1 N–H and O–H groups in total. The molecule has 0 bridgehead atoms. The van der Waals surface area contributed by atoms with E-state index in [2.05, 4.69) is 10.3 Å². The minimum atomic E-state index is -0.211. The molecule has 1 aromatic carbocycles. The maximum Gasteiger partial charge on any atom is 0.248 e. The number of imidazole rings is 1. The molecule has 0 radical (unpaired) electrons. The molecule has 0 aliphatic carbocycles. The average molecular weight is 313 g/mol. The van der Waals surface area contributed by atoms with Crippen molar-refractivity contribution in [2.75, 3.05) is 11.9 Å². The molecule has 5 nitrogen and oxygen atoms in total. The SMILES string of the molecule is CCOc1ccccc1NC(=O)/C=C/c1cnc2sccn12. The van der Waals surface area contributed by atoms with Crippen molar-refractivity contribution in [1.82, 2.24) is 9.38 Å². The van der Waals surface area contributed by atoms with Crippen LogP contribution in [0.25, 0.3) is 11.0 Å². The van der Waals surface area contributed by atoms with Crippen molar-refractivity contribution >= 4 is 34.0 Å². The van der Waals surface area contributed by atoms with Crippen molar-refractivity contribution in [2.45, 2.75) is 6.92 Å². The first-order valence-corrected chi connectivity index (χ1v) is 7.77. The lowest BCUT2D eigenvalue weighted by Gasteiger charge is -2.09. The summed E-state index contributed by atoms with van der Waals surface area (Å²) in [4.78, 5) is 17.2. The average Bonchev–Trinajstić information content (AvgIpc) is 3.11. The number of thiazole rings is 1. The highest BCUT2D eigenvalue weighted by Crippen LogP contribution is 2.23. The van der Waals surface area contributed by atoms with Gasteiger partial charge in [0.15, 0.2) is 4.96 Å². The lowest BCUT2D eigenvalue weighted by molar-refractivity contribution is -0.111. The lowest BCUT2D eigenvalue weighted by atomic mass is 10.3. The molecule has 0 saturated carbocycles. The Bertz CT molecular complexity index is 820. The molecule has 0 saturated heterocycles. The Labute approximate surface area is 131 Å². The number of anilines is 1. The van der Waals surface area contributed by atoms with E-state index >= 15 is 0 Å². The van der Waals surface area contributed by atoms with Crippen molar-refractivity contribution < 1.29 is 9.53 Å². The Morgan fingerprint density at radius 2 is 2.32 bits per heavy atom. The first kappa shape index (κ1) is 14.3. The van der Waals surface area contributed by atoms with Gasteiger partial charge in [0, 0.05) is 17.7 Å². The van der Waals surface area contributed by atoms with Gasteiger partial charge < -0.3 is 10.1 Å². The van der Waals surface area contributed by atoms with Gasteiger partial charge in [-0.2, -0.15) is 0 Å². The summed E-state index contributed by atoms with van der Waals surface area (Å²) in [7, 11) is 0. The van der Waals surface area contributed by atoms with Crippen molar-refractivity contribution in [1.29, 1.82) is 0 Å². The van der Waals surface area contributed by atoms with Gasteiger partial charge in [-0.25, -0.2) is 4.98 Å². The summed E-state index contributed by atoms with van der Waals surface area (Å²) in [6.45, 7) is 2.46. The number of aromatic nitrogens is 2. The summed E-state index contributed by atoms with van der Waals surface area (Å²) in [5, 5.41) is 4.78. The summed E-state index contributed by atoms with van der Waals surface area (Å²) < 4.78 is 7.42. The van der Waals surface area contributed by atoms with Crippen LogP contribution in [0.2, 0.25) is 0 Å². The molecule has 3 aromatic rings. The fourth-order valence-corrected chi connectivity index (χ4v) is 2.75. The van der Waals surface area contributed by atoms with Crippen LogP contribution in [0.5, 0.6) is 5.75 Å². The molecule has 0 unspecified atom stereocenters. The molecule has 1 amide bonds. The molecule has 6 heteroatoms. The Kier molecular flexibility index (Phi) is 4.20. The van der Waals surface area contributed by atoms with E-state index in [9.17, 15) is 4.79 Å². The number of hydrogen-bond acceptors (Lipinski definition) is 4. The number of amides is 1. The second-order valence-corrected chi connectivity index (χ2v) is 5.36. The number of carbonyl (C=O) groups is 1. The summed E-state index contributed by atoms with van der Waals surface area (Å²) in [5.41, 5.74) is 1.53. The Hall–Kier alpha value is -2.60. The zero-order chi connectivity index (χ0) is 15.4. The second kappa shape index (κ2) is 6.44. The van der Waals surface area contributed by atoms with E-state index < -0.39 is 0 Å². The van der Waals surface area contributed by atoms with Crippen LogP contribution >= 0.6 is 11.3 Å². The van der Waals surface area contributed by atoms with Crippen LogP contribution in [0.3, 0.4) is 0 Å². The van der Waals surface area contributed by atoms with Crippen LogP contribution in [0.4, 0.5) is 5.69 Å². The molecule has 2 aromatic heterocycles. The van der Waals surface area contributed by atoms with E-state index in [-0.39, 0.29) is 5.91 Å². The first-order chi connectivity index (χ1) is 10.8. The normalized spacial score (nSPS) is 11.1. The number of carbonyl (C=O) groups excluding carboxylic acids is 1. The van der Waals surface area contributed by atoms with E-state index in [0.29, 0.717) is 18.0 Å². The van der Waals surface area contributed by atoms with Crippen LogP contribution in [-0.2, 0) is 4.79 Å². The molecule has 0 fully saturated rings. The highest BCUT2D eigenvalue weighted by atomic mass is 32.1. The highest BCUT2D eigenvalue weighted by Gasteiger charge is 2.05. The van der Waals surface area contributed by atoms with Gasteiger partial charge in [0.25, 0.3) is 0 Å². The number of ether oxygens (including phenoxy) is 1. The van der Waals surface area contributed by atoms with E-state index in [1.165, 1.54) is 6.08 Å². The van der Waals surface area contributed by atoms with Crippen molar-refractivity contribution in [3.8, 4) is 5.75 Å². The quantitative estimate of drug-likeness (QED) is 0.734. The third-order valence-corrected chi connectivity index (χ3v) is 3.80. The van der Waals surface area contributed by atoms with Gasteiger partial charge in [0.2, 0.25) is 5.91 Å². The van der Waals surface area contributed by atoms with Crippen LogP contribution in [-0.4, -0.2) is 21.9 Å². The van der Waals surface area contributed by atoms with Gasteiger partial charge in [0.05, 0.1) is 24.2 Å². The third kappa shape index (κ3) is 3.01. The number of rotatable bonds is 5. The van der Waals surface area contributed by atoms with Gasteiger partial charge in [-0.3, -0.25) is 9.20 Å². The predicted molar refractivity (Wildman–Crippen MR) is 88.3 cm³/mol. The number of para-hydroxylation sites is 2. The van der Waals surface area contributed by atoms with E-state index in [1.807, 2.05) is 47.2 Å². The van der Waals surface area contributed by atoms with Crippen molar-refractivity contribution in [2.24, 2.45) is 0 Å². The Morgan fingerprint density at radius 1 is 1.45 bits per heavy atom. The van der Waals surface area contributed by atoms with Gasteiger partial charge in [-0.05, 0) is 25.1 Å². The van der Waals surface area contributed by atoms with Gasteiger partial charge >= 0.3 is 0 Å². The fraction of sp³-hybridized carbons (Fsp3) is 0.125. The predicted octanol–water partition coefficient (Wildman–Crippen LogP) is 3.45. The monoisotopic (exact) mass is 313 g/mol. The number of nitrogens with one attached hydrogen (secondary N) is 1. The Balaban J connectivity index is 1.73. The minimum absolute atomic E-state index is 0.211. The number of nitrogens with zero attached hydrogens (tertiary/aromatic N) is 2. The molecular formula is C16H15N3O2S. The van der Waals surface area contributed by atoms with Crippen LogP contribution in [0, 0.1) is 0 Å². The standard InChI is InChI=1S/C16H15N3O2S/c1-2-21-14-6-4-3-5-13(14)18-15(20)8-7-12-11-17-16-19(12)9-10-22-16/h3-11H,2H2,1H3,(H,18,20)/b8-7+. The van der Waals surface area contributed by atoms with E-state index in [0.717, 1.165) is 10.7 Å². The topological polar surface area (TPSA) is 55.6 Å². The molecule has 0 spiro atoms. The summed E-state index contributed by atoms with van der Waals surface area (Å²) in [5.74, 6) is 0.452. The molecule has 22 heavy (non-hydrogen) atoms. The van der Waals surface area contributed by atoms with Crippen LogP contribution in [0.1, 0.15) is 12.6 Å². The second-order valence-electron chi connectivity index (χ2n) is 4.49. The zero-order valence-electron chi connectivity index (χ0n) is 12.0. The molecule has 0 atom stereocenters. The summed E-state index contributed by atoms with van der Waals surface area (Å²) in [6.07, 6.45) is 6.90. The molecule has 112 valence electrons. The zero-order valence-corrected chi connectivity index (χ0v) is 12.8. The van der Waals surface area contributed by atoms with Crippen LogP contribution in [0.15, 0.2) is 48.1 Å². The van der Waals surface area contributed by atoms with Gasteiger partial charge in [-0.1, -0.05) is 12.1 Å². The minimum Gasteiger partial charge on any atom is -0.492 e. The van der Waals surface area contributed by atoms with Crippen molar-refractivity contribution in [3.05, 3.63) is 53.8 Å². The van der Waals surface area contributed by atoms with E-state index in [4.69, 9.17) is 4.74 Å². The summed E-state index contributed by atoms with van der Waals surface area (Å²) in [6, 6.07) is 7.37. The molecule has 2 heterocycles. The smallest absolute Gasteiger partial charge is 0.248 e. The highest BCUT2D eigenvalue weighted by molar-refractivity contribution is 7.15. The van der Waals surface area contributed by atoms with Gasteiger partial charge in [-0.15, -0.1) is 11.3 Å². The number of benzene rings is 1. The fourth-order valence-electron chi connectivity index (χ4n) is 2.06. The molecule has 0 aliphatic heterocycles. The molecule has 0 aliphatic rings. The van der Waals surface area contributed by atoms with E-state index in [1.54, 1.807) is 23.6 Å². The third-order valence-electron chi connectivity index (χ3n) is 3.03. The molecular weight excluding hydrogens is 298 g/mol. The first-order valence-electron chi connectivity index (χ1n) is 6.89.